The van der Waals surface area contributed by atoms with Gasteiger partial charge in [-0.3, -0.25) is 0 Å². The fraction of sp³-hybridized carbons (Fsp3) is 1.00. The summed E-state index contributed by atoms with van der Waals surface area (Å²) in [6.45, 7) is 5.71. The number of hydrogen-bond donors (Lipinski definition) is 3. The highest BCUT2D eigenvalue weighted by Crippen LogP contribution is 2.27. The fourth-order valence-corrected chi connectivity index (χ4v) is 2.31. The molecule has 0 aromatic carbocycles. The lowest BCUT2D eigenvalue weighted by molar-refractivity contribution is -0.00373. The maximum absolute atomic E-state index is 10.2. The molecule has 0 saturated carbocycles. The van der Waals surface area contributed by atoms with Crippen molar-refractivity contribution in [1.29, 1.82) is 0 Å². The van der Waals surface area contributed by atoms with Gasteiger partial charge in [-0.25, -0.2) is 0 Å². The lowest BCUT2D eigenvalue weighted by Crippen LogP contribution is -2.53. The summed E-state index contributed by atoms with van der Waals surface area (Å²) in [5.41, 5.74) is 4.86. The zero-order valence-corrected chi connectivity index (χ0v) is 9.42. The van der Waals surface area contributed by atoms with E-state index in [0.29, 0.717) is 13.0 Å². The van der Waals surface area contributed by atoms with Crippen LogP contribution in [-0.4, -0.2) is 29.8 Å². The summed E-state index contributed by atoms with van der Waals surface area (Å²) in [5, 5.41) is 13.6. The third-order valence-corrected chi connectivity index (χ3v) is 3.49. The number of nitrogens with one attached hydrogen (secondary N) is 1. The fourth-order valence-electron chi connectivity index (χ4n) is 2.31. The molecule has 0 aliphatic carbocycles. The summed E-state index contributed by atoms with van der Waals surface area (Å²) in [6, 6.07) is 0.227. The van der Waals surface area contributed by atoms with Crippen molar-refractivity contribution >= 4 is 0 Å². The molecule has 1 aliphatic heterocycles. The van der Waals surface area contributed by atoms with Crippen LogP contribution in [-0.2, 0) is 0 Å². The maximum atomic E-state index is 10.2. The first kappa shape index (κ1) is 12.0. The van der Waals surface area contributed by atoms with Crippen LogP contribution in [0.4, 0.5) is 0 Å². The first-order chi connectivity index (χ1) is 6.60. The van der Waals surface area contributed by atoms with Gasteiger partial charge < -0.3 is 16.2 Å². The third kappa shape index (κ3) is 2.94. The summed E-state index contributed by atoms with van der Waals surface area (Å²) in [5.74, 6) is 0.769. The predicted octanol–water partition coefficient (Wildman–Crippen LogP) is 0.864. The molecule has 1 rings (SSSR count). The van der Waals surface area contributed by atoms with Crippen molar-refractivity contribution in [2.75, 3.05) is 13.1 Å². The van der Waals surface area contributed by atoms with Crippen LogP contribution in [0.2, 0.25) is 0 Å². The van der Waals surface area contributed by atoms with Gasteiger partial charge in [-0.2, -0.15) is 0 Å². The van der Waals surface area contributed by atoms with Crippen LogP contribution in [0.1, 0.15) is 39.5 Å². The Kier molecular flexibility index (Phi) is 4.35. The average molecular weight is 200 g/mol. The van der Waals surface area contributed by atoms with Crippen LogP contribution in [0, 0.1) is 5.92 Å². The number of hydrogen-bond acceptors (Lipinski definition) is 3. The molecule has 3 unspecified atom stereocenters. The second-order valence-corrected chi connectivity index (χ2v) is 4.70. The standard InChI is InChI=1S/C11H24N2O/c1-3-9-4-7-13-10(8-9)11(2,14)5-6-12/h9-10,13-14H,3-8,12H2,1-2H3. The molecule has 0 bridgehead atoms. The van der Waals surface area contributed by atoms with Gasteiger partial charge in [-0.15, -0.1) is 0 Å². The van der Waals surface area contributed by atoms with Crippen LogP contribution in [0.5, 0.6) is 0 Å². The minimum atomic E-state index is -0.636. The van der Waals surface area contributed by atoms with E-state index in [0.717, 1.165) is 18.9 Å². The smallest absolute Gasteiger partial charge is 0.0784 e. The van der Waals surface area contributed by atoms with E-state index in [4.69, 9.17) is 5.73 Å². The van der Waals surface area contributed by atoms with E-state index in [1.807, 2.05) is 6.92 Å². The van der Waals surface area contributed by atoms with Gasteiger partial charge in [-0.1, -0.05) is 13.3 Å². The van der Waals surface area contributed by atoms with Gasteiger partial charge in [0.2, 0.25) is 0 Å². The number of piperidine rings is 1. The molecule has 0 spiro atoms. The van der Waals surface area contributed by atoms with Gasteiger partial charge in [-0.05, 0) is 45.2 Å². The minimum absolute atomic E-state index is 0.227. The number of nitrogens with two attached hydrogens (primary N) is 1. The zero-order chi connectivity index (χ0) is 10.6. The van der Waals surface area contributed by atoms with Gasteiger partial charge in [0, 0.05) is 6.04 Å². The Labute approximate surface area is 87.1 Å². The first-order valence-electron chi connectivity index (χ1n) is 5.76. The van der Waals surface area contributed by atoms with Crippen LogP contribution >= 0.6 is 0 Å². The van der Waals surface area contributed by atoms with Gasteiger partial charge in [0.05, 0.1) is 5.60 Å². The Morgan fingerprint density at radius 3 is 2.86 bits per heavy atom. The van der Waals surface area contributed by atoms with Crippen LogP contribution < -0.4 is 11.1 Å². The van der Waals surface area contributed by atoms with Gasteiger partial charge in [0.15, 0.2) is 0 Å². The van der Waals surface area contributed by atoms with E-state index in [1.165, 1.54) is 12.8 Å². The molecule has 0 aromatic heterocycles. The van der Waals surface area contributed by atoms with Crippen molar-refractivity contribution in [3.63, 3.8) is 0 Å². The zero-order valence-electron chi connectivity index (χ0n) is 9.42. The van der Waals surface area contributed by atoms with Gasteiger partial charge in [0.25, 0.3) is 0 Å². The largest absolute Gasteiger partial charge is 0.389 e. The Morgan fingerprint density at radius 1 is 1.57 bits per heavy atom. The summed E-state index contributed by atoms with van der Waals surface area (Å²) in [6.07, 6.45) is 4.23. The average Bonchev–Trinajstić information content (AvgIpc) is 2.18. The van der Waals surface area contributed by atoms with Crippen LogP contribution in [0.3, 0.4) is 0 Å². The van der Waals surface area contributed by atoms with Crippen LogP contribution in [0.25, 0.3) is 0 Å². The van der Waals surface area contributed by atoms with Gasteiger partial charge >= 0.3 is 0 Å². The Balaban J connectivity index is 2.49. The summed E-state index contributed by atoms with van der Waals surface area (Å²) in [4.78, 5) is 0. The molecule has 4 N–H and O–H groups in total. The van der Waals surface area contributed by atoms with E-state index in [1.54, 1.807) is 0 Å². The monoisotopic (exact) mass is 200 g/mol. The van der Waals surface area contributed by atoms with Crippen molar-refractivity contribution in [2.45, 2.75) is 51.2 Å². The predicted molar refractivity (Wildman–Crippen MR) is 59.1 cm³/mol. The topological polar surface area (TPSA) is 58.3 Å². The number of aliphatic hydroxyl groups is 1. The van der Waals surface area contributed by atoms with E-state index in [2.05, 4.69) is 12.2 Å². The molecule has 0 amide bonds. The maximum Gasteiger partial charge on any atom is 0.0784 e. The quantitative estimate of drug-likeness (QED) is 0.631. The molecule has 1 heterocycles. The van der Waals surface area contributed by atoms with Crippen molar-refractivity contribution in [1.82, 2.24) is 5.32 Å². The van der Waals surface area contributed by atoms with E-state index < -0.39 is 5.60 Å². The first-order valence-corrected chi connectivity index (χ1v) is 5.76. The van der Waals surface area contributed by atoms with Crippen molar-refractivity contribution in [2.24, 2.45) is 11.7 Å². The van der Waals surface area contributed by atoms with Crippen molar-refractivity contribution in [3.8, 4) is 0 Å². The van der Waals surface area contributed by atoms with Crippen molar-refractivity contribution in [3.05, 3.63) is 0 Å². The highest BCUT2D eigenvalue weighted by Gasteiger charge is 2.34. The second kappa shape index (κ2) is 5.10. The molecular weight excluding hydrogens is 176 g/mol. The summed E-state index contributed by atoms with van der Waals surface area (Å²) < 4.78 is 0. The molecule has 0 radical (unpaired) electrons. The highest BCUT2D eigenvalue weighted by atomic mass is 16.3. The molecule has 84 valence electrons. The molecule has 0 aromatic rings. The summed E-state index contributed by atoms with van der Waals surface area (Å²) in [7, 11) is 0. The molecule has 14 heavy (non-hydrogen) atoms. The number of rotatable bonds is 4. The minimum Gasteiger partial charge on any atom is -0.389 e. The molecule has 3 heteroatoms. The summed E-state index contributed by atoms with van der Waals surface area (Å²) >= 11 is 0. The van der Waals surface area contributed by atoms with Gasteiger partial charge in [0.1, 0.15) is 0 Å². The van der Waals surface area contributed by atoms with E-state index >= 15 is 0 Å². The van der Waals surface area contributed by atoms with Crippen molar-refractivity contribution < 1.29 is 5.11 Å². The lowest BCUT2D eigenvalue weighted by atomic mass is 9.81. The SMILES string of the molecule is CCC1CCNC(C(C)(O)CCN)C1. The third-order valence-electron chi connectivity index (χ3n) is 3.49. The van der Waals surface area contributed by atoms with E-state index in [-0.39, 0.29) is 6.04 Å². The van der Waals surface area contributed by atoms with E-state index in [9.17, 15) is 5.11 Å². The molecule has 1 aliphatic rings. The molecule has 3 nitrogen and oxygen atoms in total. The molecule has 1 fully saturated rings. The molecule has 1 saturated heterocycles. The Morgan fingerprint density at radius 2 is 2.29 bits per heavy atom. The lowest BCUT2D eigenvalue weighted by Gasteiger charge is -2.39. The normalized spacial score (nSPS) is 32.6. The highest BCUT2D eigenvalue weighted by molar-refractivity contribution is 4.92. The molecular formula is C11H24N2O. The Bertz CT molecular complexity index is 171. The molecule has 3 atom stereocenters. The van der Waals surface area contributed by atoms with Crippen LogP contribution in [0.15, 0.2) is 0 Å². The second-order valence-electron chi connectivity index (χ2n) is 4.70. The Hall–Kier alpha value is -0.120.